The molecule has 1 fully saturated rings. The minimum Gasteiger partial charge on any atom is -0.444 e. The lowest BCUT2D eigenvalue weighted by molar-refractivity contribution is 0.0110. The molecule has 0 aromatic carbocycles. The number of amides is 1. The van der Waals surface area contributed by atoms with Crippen molar-refractivity contribution in [1.29, 1.82) is 5.26 Å². The van der Waals surface area contributed by atoms with Crippen LogP contribution in [0.15, 0.2) is 12.3 Å². The summed E-state index contributed by atoms with van der Waals surface area (Å²) in [5, 5.41) is 14.9. The fourth-order valence-corrected chi connectivity index (χ4v) is 3.66. The van der Waals surface area contributed by atoms with E-state index in [9.17, 15) is 10.1 Å². The van der Waals surface area contributed by atoms with E-state index in [4.69, 9.17) is 10.5 Å². The van der Waals surface area contributed by atoms with Gasteiger partial charge in [0.2, 0.25) is 0 Å². The number of nitrogen functional groups attached to an aromatic ring is 1. The van der Waals surface area contributed by atoms with Crippen LogP contribution >= 0.6 is 0 Å². The molecule has 0 spiro atoms. The summed E-state index contributed by atoms with van der Waals surface area (Å²) < 4.78 is 7.35. The van der Waals surface area contributed by atoms with Gasteiger partial charge in [-0.1, -0.05) is 0 Å². The number of likely N-dealkylation sites (tertiary alicyclic amines) is 1. The number of anilines is 1. The second kappa shape index (κ2) is 6.72. The van der Waals surface area contributed by atoms with Gasteiger partial charge in [-0.3, -0.25) is 9.67 Å². The van der Waals surface area contributed by atoms with E-state index < -0.39 is 11.1 Å². The van der Waals surface area contributed by atoms with E-state index in [0.29, 0.717) is 38.2 Å². The predicted molar refractivity (Wildman–Crippen MR) is 102 cm³/mol. The topological polar surface area (TPSA) is 110 Å². The maximum atomic E-state index is 12.4. The largest absolute Gasteiger partial charge is 0.444 e. The highest BCUT2D eigenvalue weighted by Crippen LogP contribution is 2.37. The van der Waals surface area contributed by atoms with E-state index in [1.54, 1.807) is 11.1 Å². The Morgan fingerprint density at radius 1 is 1.41 bits per heavy atom. The van der Waals surface area contributed by atoms with Crippen LogP contribution in [0.25, 0.3) is 10.9 Å². The Balaban J connectivity index is 1.91. The molecule has 0 bridgehead atoms. The van der Waals surface area contributed by atoms with Crippen LogP contribution in [0.3, 0.4) is 0 Å². The summed E-state index contributed by atoms with van der Waals surface area (Å²) in [6.45, 7) is 8.45. The molecule has 2 aromatic heterocycles. The van der Waals surface area contributed by atoms with Crippen molar-refractivity contribution in [2.75, 3.05) is 18.8 Å². The van der Waals surface area contributed by atoms with Crippen LogP contribution in [-0.2, 0) is 10.3 Å². The van der Waals surface area contributed by atoms with E-state index in [0.717, 1.165) is 16.6 Å². The van der Waals surface area contributed by atoms with E-state index in [1.807, 2.05) is 38.4 Å². The molecule has 0 radical (unpaired) electrons. The minimum absolute atomic E-state index is 0.298. The number of ether oxygens (including phenoxy) is 1. The molecule has 1 amide bonds. The highest BCUT2D eigenvalue weighted by molar-refractivity contribution is 5.91. The summed E-state index contributed by atoms with van der Waals surface area (Å²) in [4.78, 5) is 18.4. The monoisotopic (exact) mass is 370 g/mol. The molecule has 144 valence electrons. The summed E-state index contributed by atoms with van der Waals surface area (Å²) in [6.07, 6.45) is 2.92. The quantitative estimate of drug-likeness (QED) is 0.870. The lowest BCUT2D eigenvalue weighted by atomic mass is 9.84. The van der Waals surface area contributed by atoms with Gasteiger partial charge in [-0.2, -0.15) is 10.4 Å². The fraction of sp³-hybridized carbons (Fsp3) is 0.579. The van der Waals surface area contributed by atoms with Crippen molar-refractivity contribution in [3.63, 3.8) is 0 Å². The minimum atomic E-state index is -0.532. The van der Waals surface area contributed by atoms with Crippen LogP contribution < -0.4 is 5.73 Å². The molecule has 0 atom stereocenters. The number of carbonyl (C=O) groups is 1. The van der Waals surface area contributed by atoms with Gasteiger partial charge in [0.05, 0.1) is 34.6 Å². The number of nitrogens with two attached hydrogens (primary N) is 1. The van der Waals surface area contributed by atoms with Crippen molar-refractivity contribution in [1.82, 2.24) is 19.7 Å². The molecule has 0 saturated carbocycles. The maximum absolute atomic E-state index is 12.4. The molecule has 0 aliphatic carbocycles. The lowest BCUT2D eigenvalue weighted by Crippen LogP contribution is -2.49. The Hall–Kier alpha value is -2.82. The fourth-order valence-electron chi connectivity index (χ4n) is 3.66. The number of aryl methyl sites for hydroxylation is 1. The Labute approximate surface area is 158 Å². The number of hydrogen-bond acceptors (Lipinski definition) is 6. The number of fused-ring (bicyclic) bond motifs is 1. The highest BCUT2D eigenvalue weighted by Gasteiger charge is 2.40. The second-order valence-electron chi connectivity index (χ2n) is 8.11. The van der Waals surface area contributed by atoms with E-state index in [1.165, 1.54) is 0 Å². The second-order valence-corrected chi connectivity index (χ2v) is 8.11. The molecule has 8 heteroatoms. The van der Waals surface area contributed by atoms with Crippen LogP contribution in [-0.4, -0.2) is 44.4 Å². The number of hydrogen-bond donors (Lipinski definition) is 1. The van der Waals surface area contributed by atoms with E-state index in [2.05, 4.69) is 16.2 Å². The molecule has 27 heavy (non-hydrogen) atoms. The molecule has 8 nitrogen and oxygen atoms in total. The Kier molecular flexibility index (Phi) is 4.72. The number of pyridine rings is 1. The van der Waals surface area contributed by atoms with Gasteiger partial charge in [-0.05, 0) is 46.6 Å². The van der Waals surface area contributed by atoms with Gasteiger partial charge in [-0.25, -0.2) is 4.79 Å². The first-order valence-corrected chi connectivity index (χ1v) is 9.12. The van der Waals surface area contributed by atoms with Crippen molar-refractivity contribution in [3.05, 3.63) is 18.0 Å². The first kappa shape index (κ1) is 19.0. The lowest BCUT2D eigenvalue weighted by Gasteiger charge is -2.41. The summed E-state index contributed by atoms with van der Waals surface area (Å²) in [7, 11) is 0. The third-order valence-corrected chi connectivity index (χ3v) is 5.01. The molecular formula is C19H26N6O2. The average Bonchev–Trinajstić information content (AvgIpc) is 2.93. The SMILES string of the molecule is Cc1nccc2c1c(N)nn2C1(CC#N)CCN(C(=O)OC(C)(C)C)CC1. The summed E-state index contributed by atoms with van der Waals surface area (Å²) in [6, 6.07) is 4.18. The van der Waals surface area contributed by atoms with Gasteiger partial charge < -0.3 is 15.4 Å². The smallest absolute Gasteiger partial charge is 0.410 e. The maximum Gasteiger partial charge on any atom is 0.410 e. The molecule has 2 aromatic rings. The molecule has 3 rings (SSSR count). The molecule has 0 unspecified atom stereocenters. The number of nitrogens with zero attached hydrogens (tertiary/aromatic N) is 5. The van der Waals surface area contributed by atoms with Gasteiger partial charge in [-0.15, -0.1) is 0 Å². The highest BCUT2D eigenvalue weighted by atomic mass is 16.6. The zero-order valence-electron chi connectivity index (χ0n) is 16.3. The van der Waals surface area contributed by atoms with Crippen LogP contribution in [0.5, 0.6) is 0 Å². The third-order valence-electron chi connectivity index (χ3n) is 5.01. The Bertz CT molecular complexity index is 897. The standard InChI is InChI=1S/C19H26N6O2/c1-13-15-14(5-10-22-13)25(23-16(15)21)19(6-9-20)7-11-24(12-8-19)17(26)27-18(2,3)4/h5,10H,6-8,11-12H2,1-4H3,(H2,21,23). The first-order chi connectivity index (χ1) is 12.7. The van der Waals surface area contributed by atoms with Crippen LogP contribution in [0.1, 0.15) is 45.7 Å². The normalized spacial score (nSPS) is 16.9. The van der Waals surface area contributed by atoms with Crippen LogP contribution in [0.2, 0.25) is 0 Å². The van der Waals surface area contributed by atoms with Crippen molar-refractivity contribution >= 4 is 22.8 Å². The Morgan fingerprint density at radius 3 is 2.67 bits per heavy atom. The number of carbonyl (C=O) groups excluding carboxylic acids is 1. The van der Waals surface area contributed by atoms with Crippen molar-refractivity contribution in [2.24, 2.45) is 0 Å². The Morgan fingerprint density at radius 2 is 2.07 bits per heavy atom. The molecule has 1 saturated heterocycles. The van der Waals surface area contributed by atoms with E-state index in [-0.39, 0.29) is 6.09 Å². The van der Waals surface area contributed by atoms with Crippen LogP contribution in [0, 0.1) is 18.3 Å². The van der Waals surface area contributed by atoms with E-state index >= 15 is 0 Å². The molecule has 3 heterocycles. The van der Waals surface area contributed by atoms with Gasteiger partial charge in [0, 0.05) is 19.3 Å². The number of piperidine rings is 1. The zero-order valence-corrected chi connectivity index (χ0v) is 16.3. The van der Waals surface area contributed by atoms with Crippen LogP contribution in [0.4, 0.5) is 10.6 Å². The van der Waals surface area contributed by atoms with Gasteiger partial charge in [0.25, 0.3) is 0 Å². The predicted octanol–water partition coefficient (Wildman–Crippen LogP) is 2.96. The zero-order chi connectivity index (χ0) is 19.8. The number of aromatic nitrogens is 3. The van der Waals surface area contributed by atoms with Gasteiger partial charge in [0.1, 0.15) is 5.60 Å². The summed E-state index contributed by atoms with van der Waals surface area (Å²) in [5.74, 6) is 0.419. The molecule has 2 N–H and O–H groups in total. The number of nitriles is 1. The molecular weight excluding hydrogens is 344 g/mol. The van der Waals surface area contributed by atoms with Gasteiger partial charge >= 0.3 is 6.09 Å². The van der Waals surface area contributed by atoms with Crippen molar-refractivity contribution in [2.45, 2.75) is 58.1 Å². The third kappa shape index (κ3) is 3.54. The number of rotatable bonds is 2. The summed E-state index contributed by atoms with van der Waals surface area (Å²) >= 11 is 0. The van der Waals surface area contributed by atoms with Crippen molar-refractivity contribution < 1.29 is 9.53 Å². The first-order valence-electron chi connectivity index (χ1n) is 9.12. The van der Waals surface area contributed by atoms with Gasteiger partial charge in [0.15, 0.2) is 5.82 Å². The average molecular weight is 370 g/mol. The molecule has 1 aliphatic heterocycles. The molecule has 1 aliphatic rings. The summed E-state index contributed by atoms with van der Waals surface area (Å²) in [5.41, 5.74) is 6.80. The van der Waals surface area contributed by atoms with Crippen molar-refractivity contribution in [3.8, 4) is 6.07 Å².